The van der Waals surface area contributed by atoms with Crippen molar-refractivity contribution in [1.82, 2.24) is 15.4 Å². The predicted octanol–water partition coefficient (Wildman–Crippen LogP) is -0.551. The summed E-state index contributed by atoms with van der Waals surface area (Å²) in [5.41, 5.74) is 17.1. The van der Waals surface area contributed by atoms with E-state index in [0.717, 1.165) is 40.1 Å². The number of hydrogen-bond acceptors (Lipinski definition) is 16. The van der Waals surface area contributed by atoms with Crippen LogP contribution in [0.5, 0.6) is 5.75 Å². The van der Waals surface area contributed by atoms with Crippen LogP contribution >= 0.6 is 11.3 Å². The van der Waals surface area contributed by atoms with Crippen molar-refractivity contribution < 1.29 is 60.8 Å². The van der Waals surface area contributed by atoms with Gasteiger partial charge in [0.25, 0.3) is 23.9 Å². The van der Waals surface area contributed by atoms with E-state index in [4.69, 9.17) is 36.7 Å². The van der Waals surface area contributed by atoms with Gasteiger partial charge in [0.15, 0.2) is 28.8 Å². The van der Waals surface area contributed by atoms with Crippen molar-refractivity contribution in [2.24, 2.45) is 29.6 Å². The summed E-state index contributed by atoms with van der Waals surface area (Å²) in [5.74, 6) is -2.85. The van der Waals surface area contributed by atoms with Gasteiger partial charge in [-0.25, -0.2) is 22.8 Å². The number of nitrogens with zero attached hydrogens (tertiary/aromatic N) is 4. The Hall–Kier alpha value is -5.26. The van der Waals surface area contributed by atoms with Gasteiger partial charge in [-0.3, -0.25) is 14.4 Å². The number of nitrogen functional groups attached to an aromatic ring is 1. The second-order valence-corrected chi connectivity index (χ2v) is 15.2. The molecule has 1 fully saturated rings. The highest BCUT2D eigenvalue weighted by Crippen LogP contribution is 2.37. The van der Waals surface area contributed by atoms with Crippen LogP contribution in [0.1, 0.15) is 44.1 Å². The van der Waals surface area contributed by atoms with Crippen molar-refractivity contribution in [3.05, 3.63) is 58.9 Å². The first kappa shape index (κ1) is 42.5. The van der Waals surface area contributed by atoms with Crippen LogP contribution in [-0.4, -0.2) is 99.6 Å². The number of carboxylic acid groups (broad SMARTS) is 2. The number of oxime groups is 1. The smallest absolute Gasteiger partial charge is 0.354 e. The second kappa shape index (κ2) is 17.0. The number of anilines is 1. The lowest BCUT2D eigenvalue weighted by Crippen LogP contribution is -2.76. The zero-order valence-electron chi connectivity index (χ0n) is 30.2. The number of aryl methyl sites for hydroxylation is 2. The molecule has 0 radical (unpaired) electrons. The number of benzene rings is 1. The molecule has 20 nitrogen and oxygen atoms in total. The number of pyridine rings is 1. The number of thiazole rings is 1. The van der Waals surface area contributed by atoms with E-state index in [-0.39, 0.29) is 29.6 Å². The van der Waals surface area contributed by atoms with Gasteiger partial charge in [0.05, 0.1) is 5.54 Å². The number of ether oxygens (including phenoxy) is 1. The molecule has 0 spiro atoms. The zero-order chi connectivity index (χ0) is 40.9. The Morgan fingerprint density at radius 2 is 1.93 bits per heavy atom. The largest absolute Gasteiger partial charge is 0.724 e. The quantitative estimate of drug-likeness (QED) is 0.0226. The number of carboxylic acids is 1. The van der Waals surface area contributed by atoms with Gasteiger partial charge in [-0.1, -0.05) is 11.2 Å². The minimum absolute atomic E-state index is 0.0555. The van der Waals surface area contributed by atoms with Crippen molar-refractivity contribution in [1.29, 1.82) is 0 Å². The lowest BCUT2D eigenvalue weighted by atomic mass is 9.84. The maximum Gasteiger partial charge on any atom is 0.354 e. The number of aromatic nitrogens is 2. The molecule has 55 heavy (non-hydrogen) atoms. The van der Waals surface area contributed by atoms with E-state index in [1.165, 1.54) is 26.2 Å². The van der Waals surface area contributed by atoms with Crippen molar-refractivity contribution >= 4 is 56.8 Å². The average Bonchev–Trinajstić information content (AvgIpc) is 3.56. The SMILES string of the molecule is C[n+]1cc(-c2ccc3c(c2)CC[C@H](C(C)(O/N=C(\C(=O)NC2C(=O)N(OS(=O)(=O)[O-])C2(C)C)c2csc(N)n2)C(=O)O)O3)ccc1CC(CN)CN.O=CO. The Bertz CT molecular complexity index is 2070. The predicted molar refractivity (Wildman–Crippen MR) is 194 cm³/mol. The summed E-state index contributed by atoms with van der Waals surface area (Å²) in [7, 11) is -3.32. The molecule has 9 N–H and O–H groups in total. The standard InChI is InChI=1S/C32H40N8O10S2.CH2O2/c1-31(2)26(28(42)40(31)50-52(45,46)47)37-27(41)25(22-16-51-30(35)36-22)38-49-32(3,29(43)44)24-10-7-19-12-18(6-9-23(19)48-24)20-5-8-21(39(4)15-20)11-17(13-33)14-34;2-1-3/h5-6,8-9,12,15-17,24,26H,7,10-11,13-14,33-34H2,1-4H3,(H4-,35,36,37,41,43,44,45,46,47);1H,(H,2,3)/b38-25-;/t24-,26?,32?;/m1./s1. The molecule has 0 aliphatic carbocycles. The lowest BCUT2D eigenvalue weighted by Gasteiger charge is -2.51. The molecule has 3 atom stereocenters. The van der Waals surface area contributed by atoms with Gasteiger partial charge in [-0.05, 0) is 81.9 Å². The number of nitrogens with two attached hydrogens (primary N) is 3. The molecule has 298 valence electrons. The number of nitrogens with one attached hydrogen (secondary N) is 1. The Morgan fingerprint density at radius 3 is 2.47 bits per heavy atom. The number of carbonyl (C=O) groups excluding carboxylic acids is 2. The van der Waals surface area contributed by atoms with E-state index < -0.39 is 57.2 Å². The highest BCUT2D eigenvalue weighted by molar-refractivity contribution is 7.80. The topological polar surface area (TPSA) is 316 Å². The number of hydroxylamine groups is 2. The van der Waals surface area contributed by atoms with Crippen LogP contribution in [0.25, 0.3) is 11.1 Å². The molecular weight excluding hydrogens is 765 g/mol. The summed E-state index contributed by atoms with van der Waals surface area (Å²) < 4.78 is 45.7. The maximum absolute atomic E-state index is 13.5. The molecule has 5 rings (SSSR count). The Labute approximate surface area is 319 Å². The molecule has 2 aromatic heterocycles. The molecular formula is C33H42N8O12S2. The first-order chi connectivity index (χ1) is 25.8. The summed E-state index contributed by atoms with van der Waals surface area (Å²) in [6.45, 7) is 4.70. The third-order valence-electron chi connectivity index (χ3n) is 9.21. The normalized spacial score (nSPS) is 18.8. The number of β-lactam (4-membered cyclic amide) rings is 1. The van der Waals surface area contributed by atoms with Gasteiger partial charge >= 0.3 is 5.97 Å². The van der Waals surface area contributed by atoms with Gasteiger partial charge in [-0.15, -0.1) is 11.3 Å². The van der Waals surface area contributed by atoms with Crippen molar-refractivity contribution in [3.63, 3.8) is 0 Å². The number of amides is 2. The molecule has 2 unspecified atom stereocenters. The van der Waals surface area contributed by atoms with E-state index in [9.17, 15) is 32.5 Å². The van der Waals surface area contributed by atoms with Gasteiger partial charge in [-0.2, -0.15) is 9.35 Å². The van der Waals surface area contributed by atoms with Crippen molar-refractivity contribution in [3.8, 4) is 16.9 Å². The fourth-order valence-electron chi connectivity index (χ4n) is 5.93. The van der Waals surface area contributed by atoms with E-state index in [0.29, 0.717) is 30.3 Å². The number of hydrogen-bond donors (Lipinski definition) is 6. The molecule has 4 heterocycles. The average molecular weight is 807 g/mol. The van der Waals surface area contributed by atoms with Crippen LogP contribution in [0.4, 0.5) is 5.13 Å². The fraction of sp³-hybridized carbons (Fsp3) is 0.424. The highest BCUT2D eigenvalue weighted by atomic mass is 32.3. The summed E-state index contributed by atoms with van der Waals surface area (Å²) in [4.78, 5) is 56.9. The first-order valence-corrected chi connectivity index (χ1v) is 18.8. The van der Waals surface area contributed by atoms with Gasteiger partial charge in [0, 0.05) is 23.4 Å². The van der Waals surface area contributed by atoms with Crippen molar-refractivity contribution in [2.75, 3.05) is 18.8 Å². The maximum atomic E-state index is 13.5. The molecule has 2 aliphatic rings. The lowest BCUT2D eigenvalue weighted by molar-refractivity contribution is -0.679. The number of carbonyl (C=O) groups is 4. The molecule has 0 saturated carbocycles. The van der Waals surface area contributed by atoms with Crippen LogP contribution in [0.3, 0.4) is 0 Å². The fourth-order valence-corrected chi connectivity index (χ4v) is 6.92. The number of aliphatic carboxylic acids is 1. The Kier molecular flexibility index (Phi) is 13.2. The summed E-state index contributed by atoms with van der Waals surface area (Å²) >= 11 is 0.963. The van der Waals surface area contributed by atoms with E-state index in [1.807, 2.05) is 42.1 Å². The minimum atomic E-state index is -5.28. The van der Waals surface area contributed by atoms with Crippen LogP contribution < -0.4 is 31.8 Å². The monoisotopic (exact) mass is 806 g/mol. The van der Waals surface area contributed by atoms with E-state index >= 15 is 0 Å². The summed E-state index contributed by atoms with van der Waals surface area (Å²) in [6.07, 6.45) is 2.38. The molecule has 2 amide bonds. The van der Waals surface area contributed by atoms with Gasteiger partial charge in [0.1, 0.15) is 24.5 Å². The molecule has 22 heteroatoms. The van der Waals surface area contributed by atoms with E-state index in [2.05, 4.69) is 19.7 Å². The van der Waals surface area contributed by atoms with Crippen molar-refractivity contribution in [2.45, 2.75) is 63.3 Å². The van der Waals surface area contributed by atoms with Gasteiger partial charge in [0.2, 0.25) is 10.4 Å². The van der Waals surface area contributed by atoms with Crippen LogP contribution in [0, 0.1) is 5.92 Å². The highest BCUT2D eigenvalue weighted by Gasteiger charge is 2.57. The second-order valence-electron chi connectivity index (χ2n) is 13.3. The van der Waals surface area contributed by atoms with Crippen LogP contribution in [0.15, 0.2) is 47.1 Å². The number of rotatable bonds is 14. The van der Waals surface area contributed by atoms with E-state index in [1.54, 1.807) is 6.07 Å². The summed E-state index contributed by atoms with van der Waals surface area (Å²) in [5, 5.41) is 25.3. The van der Waals surface area contributed by atoms with Crippen LogP contribution in [-0.2, 0) is 58.6 Å². The number of fused-ring (bicyclic) bond motifs is 1. The Balaban J connectivity index is 0.00000217. The molecule has 1 saturated heterocycles. The Morgan fingerprint density at radius 1 is 1.27 bits per heavy atom. The minimum Gasteiger partial charge on any atom is -0.724 e. The molecule has 3 aromatic rings. The molecule has 2 aliphatic heterocycles. The first-order valence-electron chi connectivity index (χ1n) is 16.6. The van der Waals surface area contributed by atoms with Crippen LogP contribution in [0.2, 0.25) is 0 Å². The molecule has 0 bridgehead atoms. The van der Waals surface area contributed by atoms with Gasteiger partial charge < -0.3 is 46.9 Å². The third-order valence-corrected chi connectivity index (χ3v) is 10.2. The zero-order valence-corrected chi connectivity index (χ0v) is 31.8. The summed E-state index contributed by atoms with van der Waals surface area (Å²) in [6, 6.07) is 8.31. The third kappa shape index (κ3) is 9.52. The molecule has 1 aromatic carbocycles.